The van der Waals surface area contributed by atoms with Gasteiger partial charge in [0.25, 0.3) is 5.91 Å². The number of benzene rings is 1. The number of rotatable bonds is 4. The van der Waals surface area contributed by atoms with E-state index in [4.69, 9.17) is 5.73 Å². The first-order valence-corrected chi connectivity index (χ1v) is 5.08. The normalized spacial score (nSPS) is 9.81. The first-order chi connectivity index (χ1) is 7.60. The van der Waals surface area contributed by atoms with Crippen molar-refractivity contribution in [2.45, 2.75) is 6.92 Å². The third-order valence-corrected chi connectivity index (χ3v) is 2.30. The van der Waals surface area contributed by atoms with Crippen molar-refractivity contribution in [2.75, 3.05) is 18.8 Å². The number of aromatic hydroxyl groups is 1. The van der Waals surface area contributed by atoms with Gasteiger partial charge in [0.15, 0.2) is 0 Å². The highest BCUT2D eigenvalue weighted by molar-refractivity contribution is 5.95. The zero-order chi connectivity index (χ0) is 12.1. The van der Waals surface area contributed by atoms with Gasteiger partial charge in [-0.15, -0.1) is 6.58 Å². The van der Waals surface area contributed by atoms with E-state index in [1.165, 1.54) is 12.1 Å². The highest BCUT2D eigenvalue weighted by Gasteiger charge is 2.13. The minimum Gasteiger partial charge on any atom is -0.506 e. The predicted octanol–water partition coefficient (Wildman–Crippen LogP) is 1.62. The average molecular weight is 220 g/mol. The molecule has 1 rings (SSSR count). The summed E-state index contributed by atoms with van der Waals surface area (Å²) in [5.41, 5.74) is 6.16. The lowest BCUT2D eigenvalue weighted by Gasteiger charge is -2.19. The number of nitrogens with two attached hydrogens (primary N) is 1. The van der Waals surface area contributed by atoms with Gasteiger partial charge in [-0.25, -0.2) is 0 Å². The third kappa shape index (κ3) is 2.53. The molecule has 0 fully saturated rings. The summed E-state index contributed by atoms with van der Waals surface area (Å²) >= 11 is 0. The van der Waals surface area contributed by atoms with Gasteiger partial charge in [-0.1, -0.05) is 6.08 Å². The molecule has 16 heavy (non-hydrogen) atoms. The van der Waals surface area contributed by atoms with Crippen molar-refractivity contribution < 1.29 is 9.90 Å². The molecule has 0 bridgehead atoms. The van der Waals surface area contributed by atoms with Gasteiger partial charge in [0.05, 0.1) is 5.69 Å². The Bertz CT molecular complexity index is 402. The van der Waals surface area contributed by atoms with Crippen LogP contribution in [-0.2, 0) is 0 Å². The Labute approximate surface area is 95.0 Å². The lowest BCUT2D eigenvalue weighted by molar-refractivity contribution is 0.0782. The van der Waals surface area contributed by atoms with Crippen LogP contribution in [0.2, 0.25) is 0 Å². The predicted molar refractivity (Wildman–Crippen MR) is 64.3 cm³/mol. The summed E-state index contributed by atoms with van der Waals surface area (Å²) < 4.78 is 0. The van der Waals surface area contributed by atoms with Crippen molar-refractivity contribution in [3.05, 3.63) is 36.4 Å². The first kappa shape index (κ1) is 12.1. The van der Waals surface area contributed by atoms with Gasteiger partial charge in [0.1, 0.15) is 5.75 Å². The molecule has 0 aliphatic rings. The second-order valence-corrected chi connectivity index (χ2v) is 3.41. The fourth-order valence-corrected chi connectivity index (χ4v) is 1.37. The van der Waals surface area contributed by atoms with Crippen LogP contribution in [-0.4, -0.2) is 29.0 Å². The number of amides is 1. The molecule has 0 radical (unpaired) electrons. The summed E-state index contributed by atoms with van der Waals surface area (Å²) in [5, 5.41) is 9.42. The van der Waals surface area contributed by atoms with Crippen LogP contribution in [0.1, 0.15) is 17.3 Å². The van der Waals surface area contributed by atoms with Gasteiger partial charge >= 0.3 is 0 Å². The van der Waals surface area contributed by atoms with E-state index in [0.29, 0.717) is 18.7 Å². The number of phenolic OH excluding ortho intramolecular Hbond substituents is 1. The number of phenols is 1. The molecule has 1 aromatic carbocycles. The molecule has 0 aliphatic carbocycles. The fourth-order valence-electron chi connectivity index (χ4n) is 1.37. The van der Waals surface area contributed by atoms with E-state index < -0.39 is 0 Å². The smallest absolute Gasteiger partial charge is 0.254 e. The van der Waals surface area contributed by atoms with Gasteiger partial charge in [-0.3, -0.25) is 4.79 Å². The molecule has 0 saturated heterocycles. The molecule has 0 unspecified atom stereocenters. The van der Waals surface area contributed by atoms with Crippen LogP contribution < -0.4 is 5.73 Å². The van der Waals surface area contributed by atoms with E-state index in [-0.39, 0.29) is 17.3 Å². The Morgan fingerprint density at radius 1 is 1.62 bits per heavy atom. The monoisotopic (exact) mass is 220 g/mol. The lowest BCUT2D eigenvalue weighted by Crippen LogP contribution is -2.30. The maximum atomic E-state index is 12.0. The molecule has 1 aromatic rings. The SMILES string of the molecule is C=CCN(CC)C(=O)c1ccc(N)c(O)c1. The number of nitrogen functional groups attached to an aromatic ring is 1. The molecule has 3 N–H and O–H groups in total. The Morgan fingerprint density at radius 2 is 2.31 bits per heavy atom. The highest BCUT2D eigenvalue weighted by atomic mass is 16.3. The van der Waals surface area contributed by atoms with Gasteiger partial charge in [0.2, 0.25) is 0 Å². The van der Waals surface area contributed by atoms with Crippen LogP contribution in [0.5, 0.6) is 5.75 Å². The van der Waals surface area contributed by atoms with Crippen molar-refractivity contribution in [2.24, 2.45) is 0 Å². The van der Waals surface area contributed by atoms with E-state index in [1.807, 2.05) is 6.92 Å². The number of carbonyl (C=O) groups excluding carboxylic acids is 1. The summed E-state index contributed by atoms with van der Waals surface area (Å²) in [4.78, 5) is 13.6. The van der Waals surface area contributed by atoms with E-state index >= 15 is 0 Å². The molecule has 0 heterocycles. The molecule has 1 amide bonds. The molecule has 4 nitrogen and oxygen atoms in total. The van der Waals surface area contributed by atoms with E-state index in [0.717, 1.165) is 0 Å². The lowest BCUT2D eigenvalue weighted by atomic mass is 10.1. The largest absolute Gasteiger partial charge is 0.506 e. The zero-order valence-electron chi connectivity index (χ0n) is 9.31. The summed E-state index contributed by atoms with van der Waals surface area (Å²) in [7, 11) is 0. The van der Waals surface area contributed by atoms with E-state index in [2.05, 4.69) is 6.58 Å². The van der Waals surface area contributed by atoms with E-state index in [9.17, 15) is 9.90 Å². The summed E-state index contributed by atoms with van der Waals surface area (Å²) in [5.74, 6) is -0.210. The molecule has 0 aliphatic heterocycles. The Hall–Kier alpha value is -1.97. The van der Waals surface area contributed by atoms with E-state index in [1.54, 1.807) is 17.0 Å². The molecule has 0 spiro atoms. The average Bonchev–Trinajstić information content (AvgIpc) is 2.28. The second kappa shape index (κ2) is 5.21. The Morgan fingerprint density at radius 3 is 2.81 bits per heavy atom. The molecule has 4 heteroatoms. The number of anilines is 1. The molecule has 0 saturated carbocycles. The van der Waals surface area contributed by atoms with Crippen LogP contribution >= 0.6 is 0 Å². The summed E-state index contributed by atoms with van der Waals surface area (Å²) in [6.07, 6.45) is 1.67. The maximum Gasteiger partial charge on any atom is 0.254 e. The van der Waals surface area contributed by atoms with Gasteiger partial charge in [-0.05, 0) is 25.1 Å². The Balaban J connectivity index is 2.94. The second-order valence-electron chi connectivity index (χ2n) is 3.41. The Kier molecular flexibility index (Phi) is 3.94. The minimum absolute atomic E-state index is 0.0690. The molecular formula is C12H16N2O2. The van der Waals surface area contributed by atoms with Crippen molar-refractivity contribution in [1.29, 1.82) is 0 Å². The molecule has 0 aromatic heterocycles. The number of nitrogens with zero attached hydrogens (tertiary/aromatic N) is 1. The summed E-state index contributed by atoms with van der Waals surface area (Å²) in [6.45, 7) is 6.56. The number of likely N-dealkylation sites (N-methyl/N-ethyl adjacent to an activating group) is 1. The zero-order valence-corrected chi connectivity index (χ0v) is 9.31. The molecule has 86 valence electrons. The van der Waals surface area contributed by atoms with Crippen molar-refractivity contribution in [3.63, 3.8) is 0 Å². The highest BCUT2D eigenvalue weighted by Crippen LogP contribution is 2.21. The van der Waals surface area contributed by atoms with Gasteiger partial charge in [0, 0.05) is 18.7 Å². The minimum atomic E-state index is -0.141. The van der Waals surface area contributed by atoms with Crippen molar-refractivity contribution in [1.82, 2.24) is 4.90 Å². The van der Waals surface area contributed by atoms with Crippen molar-refractivity contribution >= 4 is 11.6 Å². The topological polar surface area (TPSA) is 66.6 Å². The number of hydrogen-bond donors (Lipinski definition) is 2. The van der Waals surface area contributed by atoms with Crippen LogP contribution in [0.15, 0.2) is 30.9 Å². The number of carbonyl (C=O) groups is 1. The standard InChI is InChI=1S/C12H16N2O2/c1-3-7-14(4-2)12(16)9-5-6-10(13)11(15)8-9/h3,5-6,8,15H,1,4,7,13H2,2H3. The fraction of sp³-hybridized carbons (Fsp3) is 0.250. The molecule has 0 atom stereocenters. The number of hydrogen-bond acceptors (Lipinski definition) is 3. The van der Waals surface area contributed by atoms with Crippen LogP contribution in [0, 0.1) is 0 Å². The molecular weight excluding hydrogens is 204 g/mol. The first-order valence-electron chi connectivity index (χ1n) is 5.08. The van der Waals surface area contributed by atoms with Crippen LogP contribution in [0.3, 0.4) is 0 Å². The van der Waals surface area contributed by atoms with Crippen molar-refractivity contribution in [3.8, 4) is 5.75 Å². The quantitative estimate of drug-likeness (QED) is 0.460. The van der Waals surface area contributed by atoms with Gasteiger partial charge < -0.3 is 15.7 Å². The maximum absolute atomic E-state index is 12.0. The van der Waals surface area contributed by atoms with Crippen LogP contribution in [0.4, 0.5) is 5.69 Å². The van der Waals surface area contributed by atoms with Gasteiger partial charge in [-0.2, -0.15) is 0 Å². The van der Waals surface area contributed by atoms with Crippen LogP contribution in [0.25, 0.3) is 0 Å². The summed E-state index contributed by atoms with van der Waals surface area (Å²) in [6, 6.07) is 4.50. The third-order valence-electron chi connectivity index (χ3n) is 2.30.